The predicted octanol–water partition coefficient (Wildman–Crippen LogP) is 5.10. The van der Waals surface area contributed by atoms with Gasteiger partial charge in [0.15, 0.2) is 0 Å². The van der Waals surface area contributed by atoms with E-state index in [1.165, 1.54) is 7.11 Å². The molecule has 23 heavy (non-hydrogen) atoms. The summed E-state index contributed by atoms with van der Waals surface area (Å²) in [7, 11) is 1.53. The standard InChI is InChI=1S/C16H15Cl3N2O2/c1-23-15-3-2-12(9-14(15)19)21-16(22)4-5-20-13-7-10(17)6-11(18)8-13/h2-3,6-9,20H,4-5H2,1H3,(H,21,22). The van der Waals surface area contributed by atoms with E-state index in [1.807, 2.05) is 0 Å². The average molecular weight is 374 g/mol. The number of ether oxygens (including phenoxy) is 1. The van der Waals surface area contributed by atoms with Crippen molar-refractivity contribution in [2.75, 3.05) is 24.3 Å². The van der Waals surface area contributed by atoms with Crippen LogP contribution < -0.4 is 15.4 Å². The SMILES string of the molecule is COc1ccc(NC(=O)CCNc2cc(Cl)cc(Cl)c2)cc1Cl. The molecule has 2 aromatic carbocycles. The quantitative estimate of drug-likeness (QED) is 0.741. The molecule has 0 aromatic heterocycles. The van der Waals surface area contributed by atoms with E-state index in [1.54, 1.807) is 36.4 Å². The summed E-state index contributed by atoms with van der Waals surface area (Å²) in [6.45, 7) is 0.451. The maximum absolute atomic E-state index is 11.9. The lowest BCUT2D eigenvalue weighted by Gasteiger charge is -2.09. The molecule has 0 saturated heterocycles. The molecule has 0 radical (unpaired) electrons. The number of benzene rings is 2. The number of carbonyl (C=O) groups is 1. The Morgan fingerprint density at radius 1 is 1.04 bits per heavy atom. The zero-order valence-electron chi connectivity index (χ0n) is 12.3. The molecule has 122 valence electrons. The number of hydrogen-bond acceptors (Lipinski definition) is 3. The van der Waals surface area contributed by atoms with Gasteiger partial charge < -0.3 is 15.4 Å². The fourth-order valence-electron chi connectivity index (χ4n) is 1.94. The molecule has 0 aliphatic heterocycles. The molecule has 2 aromatic rings. The molecule has 0 unspecified atom stereocenters. The molecule has 1 amide bonds. The van der Waals surface area contributed by atoms with Crippen LogP contribution in [0.25, 0.3) is 0 Å². The summed E-state index contributed by atoms with van der Waals surface area (Å²) >= 11 is 17.8. The second-order valence-corrected chi connectivity index (χ2v) is 6.01. The molecule has 7 heteroatoms. The molecule has 0 aliphatic rings. The molecule has 4 nitrogen and oxygen atoms in total. The molecule has 0 fully saturated rings. The van der Waals surface area contributed by atoms with Gasteiger partial charge in [-0.05, 0) is 36.4 Å². The van der Waals surface area contributed by atoms with Crippen LogP contribution in [0.15, 0.2) is 36.4 Å². The van der Waals surface area contributed by atoms with Crippen molar-refractivity contribution in [3.63, 3.8) is 0 Å². The highest BCUT2D eigenvalue weighted by Gasteiger charge is 2.06. The maximum Gasteiger partial charge on any atom is 0.226 e. The van der Waals surface area contributed by atoms with Gasteiger partial charge in [-0.25, -0.2) is 0 Å². The number of halogens is 3. The minimum absolute atomic E-state index is 0.133. The molecule has 2 rings (SSSR count). The Kier molecular flexibility index (Phi) is 6.39. The van der Waals surface area contributed by atoms with Gasteiger partial charge in [0.25, 0.3) is 0 Å². The molecule has 0 heterocycles. The lowest BCUT2D eigenvalue weighted by molar-refractivity contribution is -0.115. The summed E-state index contributed by atoms with van der Waals surface area (Å²) in [6.07, 6.45) is 0.285. The first-order valence-electron chi connectivity index (χ1n) is 6.81. The van der Waals surface area contributed by atoms with Crippen molar-refractivity contribution in [1.82, 2.24) is 0 Å². The summed E-state index contributed by atoms with van der Waals surface area (Å²) in [5, 5.41) is 7.39. The highest BCUT2D eigenvalue weighted by molar-refractivity contribution is 6.35. The third-order valence-electron chi connectivity index (χ3n) is 2.98. The van der Waals surface area contributed by atoms with E-state index in [9.17, 15) is 4.79 Å². The normalized spacial score (nSPS) is 10.3. The van der Waals surface area contributed by atoms with Crippen LogP contribution >= 0.6 is 34.8 Å². The minimum atomic E-state index is -0.133. The van der Waals surface area contributed by atoms with Crippen LogP contribution in [-0.2, 0) is 4.79 Å². The van der Waals surface area contributed by atoms with Gasteiger partial charge in [0.1, 0.15) is 5.75 Å². The zero-order valence-corrected chi connectivity index (χ0v) is 14.6. The van der Waals surface area contributed by atoms with Crippen molar-refractivity contribution >= 4 is 52.1 Å². The van der Waals surface area contributed by atoms with Crippen molar-refractivity contribution in [1.29, 1.82) is 0 Å². The third-order valence-corrected chi connectivity index (χ3v) is 3.71. The fourth-order valence-corrected chi connectivity index (χ4v) is 2.73. The summed E-state index contributed by atoms with van der Waals surface area (Å²) in [5.74, 6) is 0.427. The van der Waals surface area contributed by atoms with Gasteiger partial charge >= 0.3 is 0 Å². The van der Waals surface area contributed by atoms with E-state index in [4.69, 9.17) is 39.5 Å². The maximum atomic E-state index is 11.9. The summed E-state index contributed by atoms with van der Waals surface area (Å²) in [6, 6.07) is 10.2. The summed E-state index contributed by atoms with van der Waals surface area (Å²) in [5.41, 5.74) is 1.38. The Bertz CT molecular complexity index is 687. The molecule has 0 saturated carbocycles. The van der Waals surface area contributed by atoms with E-state index in [0.717, 1.165) is 5.69 Å². The van der Waals surface area contributed by atoms with Crippen LogP contribution in [-0.4, -0.2) is 19.6 Å². The molecule has 0 bridgehead atoms. The molecule has 0 spiro atoms. The van der Waals surface area contributed by atoms with Crippen molar-refractivity contribution in [2.45, 2.75) is 6.42 Å². The molecule has 2 N–H and O–H groups in total. The Morgan fingerprint density at radius 2 is 1.74 bits per heavy atom. The third kappa shape index (κ3) is 5.50. The lowest BCUT2D eigenvalue weighted by Crippen LogP contribution is -2.16. The van der Waals surface area contributed by atoms with Crippen LogP contribution in [0, 0.1) is 0 Å². The van der Waals surface area contributed by atoms with E-state index in [0.29, 0.717) is 33.0 Å². The van der Waals surface area contributed by atoms with Crippen LogP contribution in [0.1, 0.15) is 6.42 Å². The van der Waals surface area contributed by atoms with Gasteiger partial charge in [0.2, 0.25) is 5.91 Å². The smallest absolute Gasteiger partial charge is 0.226 e. The van der Waals surface area contributed by atoms with Gasteiger partial charge in [0.05, 0.1) is 12.1 Å². The first-order valence-corrected chi connectivity index (χ1v) is 7.94. The van der Waals surface area contributed by atoms with Crippen molar-refractivity contribution in [3.05, 3.63) is 51.5 Å². The highest BCUT2D eigenvalue weighted by atomic mass is 35.5. The second-order valence-electron chi connectivity index (χ2n) is 4.73. The first-order chi connectivity index (χ1) is 11.0. The van der Waals surface area contributed by atoms with Crippen molar-refractivity contribution in [3.8, 4) is 5.75 Å². The number of rotatable bonds is 6. The molecule has 0 aliphatic carbocycles. The molecular weight excluding hydrogens is 359 g/mol. The predicted molar refractivity (Wildman–Crippen MR) is 96.2 cm³/mol. The number of hydrogen-bond donors (Lipinski definition) is 2. The monoisotopic (exact) mass is 372 g/mol. The topological polar surface area (TPSA) is 50.4 Å². The number of nitrogens with one attached hydrogen (secondary N) is 2. The van der Waals surface area contributed by atoms with Gasteiger partial charge in [-0.2, -0.15) is 0 Å². The highest BCUT2D eigenvalue weighted by Crippen LogP contribution is 2.27. The number of methoxy groups -OCH3 is 1. The van der Waals surface area contributed by atoms with E-state index in [2.05, 4.69) is 10.6 Å². The number of amides is 1. The summed E-state index contributed by atoms with van der Waals surface area (Å²) < 4.78 is 5.06. The van der Waals surface area contributed by atoms with Gasteiger partial charge in [-0.1, -0.05) is 34.8 Å². The Balaban J connectivity index is 1.84. The summed E-state index contributed by atoms with van der Waals surface area (Å²) in [4.78, 5) is 11.9. The molecular formula is C16H15Cl3N2O2. The lowest BCUT2D eigenvalue weighted by atomic mass is 10.2. The second kappa shape index (κ2) is 8.29. The van der Waals surface area contributed by atoms with Crippen LogP contribution in [0.5, 0.6) is 5.75 Å². The fraction of sp³-hybridized carbons (Fsp3) is 0.188. The van der Waals surface area contributed by atoms with Crippen molar-refractivity contribution in [2.24, 2.45) is 0 Å². The van der Waals surface area contributed by atoms with Crippen LogP contribution in [0.4, 0.5) is 11.4 Å². The minimum Gasteiger partial charge on any atom is -0.495 e. The van der Waals surface area contributed by atoms with E-state index in [-0.39, 0.29) is 12.3 Å². The largest absolute Gasteiger partial charge is 0.495 e. The first kappa shape index (κ1) is 17.7. The van der Waals surface area contributed by atoms with E-state index >= 15 is 0 Å². The Morgan fingerprint density at radius 3 is 2.35 bits per heavy atom. The number of carbonyl (C=O) groups excluding carboxylic acids is 1. The number of anilines is 2. The van der Waals surface area contributed by atoms with Crippen LogP contribution in [0.2, 0.25) is 15.1 Å². The van der Waals surface area contributed by atoms with E-state index < -0.39 is 0 Å². The Hall–Kier alpha value is -1.62. The van der Waals surface area contributed by atoms with Gasteiger partial charge in [-0.3, -0.25) is 4.79 Å². The van der Waals surface area contributed by atoms with Gasteiger partial charge in [-0.15, -0.1) is 0 Å². The average Bonchev–Trinajstić information content (AvgIpc) is 2.46. The molecule has 0 atom stereocenters. The Labute approximate surface area is 149 Å². The zero-order chi connectivity index (χ0) is 16.8. The van der Waals surface area contributed by atoms with Crippen LogP contribution in [0.3, 0.4) is 0 Å². The van der Waals surface area contributed by atoms with Gasteiger partial charge in [0, 0.05) is 34.4 Å². The van der Waals surface area contributed by atoms with Crippen molar-refractivity contribution < 1.29 is 9.53 Å².